The van der Waals surface area contributed by atoms with E-state index >= 15 is 0 Å². The van der Waals surface area contributed by atoms with Crippen molar-refractivity contribution in [3.05, 3.63) is 64.9 Å². The molecule has 0 atom stereocenters. The van der Waals surface area contributed by atoms with Gasteiger partial charge in [-0.3, -0.25) is 14.4 Å². The maximum absolute atomic E-state index is 13.2. The molecule has 1 aliphatic heterocycles. The third-order valence-corrected chi connectivity index (χ3v) is 4.94. The maximum atomic E-state index is 13.2. The molecule has 158 valence electrons. The fraction of sp³-hybridized carbons (Fsp3) is 0.286. The minimum Gasteiger partial charge on any atom is -0.484 e. The van der Waals surface area contributed by atoms with E-state index in [2.05, 4.69) is 5.32 Å². The summed E-state index contributed by atoms with van der Waals surface area (Å²) in [5, 5.41) is 2.59. The fourth-order valence-corrected chi connectivity index (χ4v) is 3.24. The van der Waals surface area contributed by atoms with Crippen LogP contribution in [0.4, 0.5) is 4.39 Å². The Labute approximate surface area is 178 Å². The van der Waals surface area contributed by atoms with E-state index < -0.39 is 11.7 Å². The highest BCUT2D eigenvalue weighted by Gasteiger charge is 2.26. The molecule has 3 amide bonds. The summed E-state index contributed by atoms with van der Waals surface area (Å²) in [6, 6.07) is 12.5. The van der Waals surface area contributed by atoms with E-state index in [4.69, 9.17) is 16.3 Å². The minimum atomic E-state index is -0.511. The van der Waals surface area contributed by atoms with E-state index in [0.717, 1.165) is 6.07 Å². The maximum Gasteiger partial charge on any atom is 0.258 e. The summed E-state index contributed by atoms with van der Waals surface area (Å²) in [4.78, 5) is 39.9. The van der Waals surface area contributed by atoms with Gasteiger partial charge in [0.25, 0.3) is 11.8 Å². The molecule has 0 aromatic heterocycles. The fourth-order valence-electron chi connectivity index (χ4n) is 2.99. The van der Waals surface area contributed by atoms with Crippen molar-refractivity contribution in [1.29, 1.82) is 0 Å². The third-order valence-electron chi connectivity index (χ3n) is 4.63. The van der Waals surface area contributed by atoms with Crippen LogP contribution in [0.2, 0.25) is 5.02 Å². The van der Waals surface area contributed by atoms with Gasteiger partial charge in [-0.1, -0.05) is 29.8 Å². The molecule has 0 spiro atoms. The van der Waals surface area contributed by atoms with Gasteiger partial charge in [0.1, 0.15) is 11.6 Å². The second-order valence-corrected chi connectivity index (χ2v) is 7.08. The van der Waals surface area contributed by atoms with Gasteiger partial charge in [0.05, 0.1) is 17.1 Å². The molecule has 3 rings (SSSR count). The molecule has 0 bridgehead atoms. The van der Waals surface area contributed by atoms with Crippen LogP contribution in [0.25, 0.3) is 0 Å². The predicted octanol–water partition coefficient (Wildman–Crippen LogP) is 1.96. The number of hydrogen-bond acceptors (Lipinski definition) is 4. The number of carbonyl (C=O) groups is 3. The molecule has 0 radical (unpaired) electrons. The second kappa shape index (κ2) is 10.1. The largest absolute Gasteiger partial charge is 0.484 e. The highest BCUT2D eigenvalue weighted by molar-refractivity contribution is 6.33. The zero-order valence-corrected chi connectivity index (χ0v) is 16.9. The van der Waals surface area contributed by atoms with Crippen molar-refractivity contribution in [2.75, 3.05) is 39.3 Å². The van der Waals surface area contributed by atoms with E-state index in [0.29, 0.717) is 31.9 Å². The van der Waals surface area contributed by atoms with E-state index in [9.17, 15) is 18.8 Å². The molecular formula is C21H21ClFN3O4. The molecule has 0 unspecified atom stereocenters. The molecule has 0 saturated carbocycles. The van der Waals surface area contributed by atoms with Crippen molar-refractivity contribution in [2.24, 2.45) is 0 Å². The first-order chi connectivity index (χ1) is 14.4. The first kappa shape index (κ1) is 21.6. The van der Waals surface area contributed by atoms with Crippen molar-refractivity contribution >= 4 is 29.3 Å². The smallest absolute Gasteiger partial charge is 0.258 e. The molecule has 0 aliphatic carbocycles. The molecule has 1 fully saturated rings. The molecule has 1 heterocycles. The monoisotopic (exact) mass is 433 g/mol. The van der Waals surface area contributed by atoms with E-state index in [-0.39, 0.29) is 35.6 Å². The molecule has 1 N–H and O–H groups in total. The molecule has 9 heteroatoms. The zero-order chi connectivity index (χ0) is 21.5. The van der Waals surface area contributed by atoms with Crippen molar-refractivity contribution in [3.8, 4) is 5.75 Å². The molecule has 2 aromatic carbocycles. The Balaban J connectivity index is 1.41. The number of piperazine rings is 1. The van der Waals surface area contributed by atoms with E-state index in [1.165, 1.54) is 12.1 Å². The number of nitrogens with zero attached hydrogens (tertiary/aromatic N) is 2. The number of hydrogen-bond donors (Lipinski definition) is 1. The van der Waals surface area contributed by atoms with Gasteiger partial charge in [0.15, 0.2) is 6.61 Å². The summed E-state index contributed by atoms with van der Waals surface area (Å²) in [5.41, 5.74) is 0.225. The highest BCUT2D eigenvalue weighted by atomic mass is 35.5. The van der Waals surface area contributed by atoms with E-state index in [1.807, 2.05) is 6.07 Å². The van der Waals surface area contributed by atoms with Gasteiger partial charge in [0.2, 0.25) is 5.91 Å². The second-order valence-electron chi connectivity index (χ2n) is 6.68. The van der Waals surface area contributed by atoms with Crippen molar-refractivity contribution in [3.63, 3.8) is 0 Å². The third kappa shape index (κ3) is 5.70. The molecule has 1 aliphatic rings. The number of amides is 3. The van der Waals surface area contributed by atoms with Gasteiger partial charge in [-0.2, -0.15) is 0 Å². The number of benzene rings is 2. The summed E-state index contributed by atoms with van der Waals surface area (Å²) in [6.45, 7) is 0.985. The summed E-state index contributed by atoms with van der Waals surface area (Å²) >= 11 is 5.96. The molecular weight excluding hydrogens is 413 g/mol. The van der Waals surface area contributed by atoms with E-state index in [1.54, 1.807) is 34.1 Å². The standard InChI is InChI=1S/C21H21ClFN3O4/c22-18-12-15(23)6-7-17(18)21(29)26-10-8-25(9-11-26)20(28)13-24-19(27)14-30-16-4-2-1-3-5-16/h1-7,12H,8-11,13-14H2,(H,24,27). The van der Waals surface area contributed by atoms with Crippen LogP contribution in [-0.2, 0) is 9.59 Å². The highest BCUT2D eigenvalue weighted by Crippen LogP contribution is 2.20. The number of nitrogens with one attached hydrogen (secondary N) is 1. The van der Waals surface area contributed by atoms with Gasteiger partial charge in [-0.25, -0.2) is 4.39 Å². The Morgan fingerprint density at radius 3 is 2.33 bits per heavy atom. The summed E-state index contributed by atoms with van der Waals surface area (Å²) < 4.78 is 18.5. The Kier molecular flexibility index (Phi) is 7.24. The van der Waals surface area contributed by atoms with Gasteiger partial charge in [-0.05, 0) is 30.3 Å². The Hall–Kier alpha value is -3.13. The van der Waals surface area contributed by atoms with Crippen LogP contribution in [0.15, 0.2) is 48.5 Å². The SMILES string of the molecule is O=C(COc1ccccc1)NCC(=O)N1CCN(C(=O)c2ccc(F)cc2Cl)CC1. The average Bonchev–Trinajstić information content (AvgIpc) is 2.76. The van der Waals surface area contributed by atoms with Crippen molar-refractivity contribution in [2.45, 2.75) is 0 Å². The van der Waals surface area contributed by atoms with Crippen LogP contribution in [0.3, 0.4) is 0 Å². The average molecular weight is 434 g/mol. The minimum absolute atomic E-state index is 0.0546. The number of ether oxygens (including phenoxy) is 1. The lowest BCUT2D eigenvalue weighted by Crippen LogP contribution is -2.52. The summed E-state index contributed by atoms with van der Waals surface area (Å²) in [5.74, 6) is -0.885. The Morgan fingerprint density at radius 1 is 1.00 bits per heavy atom. The van der Waals surface area contributed by atoms with Crippen molar-refractivity contribution < 1.29 is 23.5 Å². The summed E-state index contributed by atoms with van der Waals surface area (Å²) in [7, 11) is 0. The van der Waals surface area contributed by atoms with Crippen LogP contribution in [-0.4, -0.2) is 66.9 Å². The van der Waals surface area contributed by atoms with Gasteiger partial charge in [-0.15, -0.1) is 0 Å². The van der Waals surface area contributed by atoms with Crippen LogP contribution in [0.5, 0.6) is 5.75 Å². The van der Waals surface area contributed by atoms with Crippen LogP contribution in [0, 0.1) is 5.82 Å². The number of rotatable bonds is 6. The molecule has 1 saturated heterocycles. The summed E-state index contributed by atoms with van der Waals surface area (Å²) in [6.07, 6.45) is 0. The van der Waals surface area contributed by atoms with Crippen molar-refractivity contribution in [1.82, 2.24) is 15.1 Å². The first-order valence-corrected chi connectivity index (χ1v) is 9.78. The van der Waals surface area contributed by atoms with Crippen LogP contribution in [0.1, 0.15) is 10.4 Å². The number of para-hydroxylation sites is 1. The van der Waals surface area contributed by atoms with Gasteiger partial charge < -0.3 is 19.9 Å². The first-order valence-electron chi connectivity index (χ1n) is 9.40. The quantitative estimate of drug-likeness (QED) is 0.755. The molecule has 30 heavy (non-hydrogen) atoms. The van der Waals surface area contributed by atoms with Crippen LogP contribution < -0.4 is 10.1 Å². The lowest BCUT2D eigenvalue weighted by molar-refractivity contribution is -0.134. The Morgan fingerprint density at radius 2 is 1.67 bits per heavy atom. The normalized spacial score (nSPS) is 13.7. The Bertz CT molecular complexity index is 918. The van der Waals surface area contributed by atoms with Gasteiger partial charge >= 0.3 is 0 Å². The lowest BCUT2D eigenvalue weighted by Gasteiger charge is -2.35. The van der Waals surface area contributed by atoms with Crippen LogP contribution >= 0.6 is 11.6 Å². The predicted molar refractivity (Wildman–Crippen MR) is 109 cm³/mol. The molecule has 2 aromatic rings. The van der Waals surface area contributed by atoms with Gasteiger partial charge in [0, 0.05) is 26.2 Å². The number of carbonyl (C=O) groups excluding carboxylic acids is 3. The topological polar surface area (TPSA) is 79.0 Å². The number of halogens is 2. The lowest BCUT2D eigenvalue weighted by atomic mass is 10.1. The zero-order valence-electron chi connectivity index (χ0n) is 16.1. The molecule has 7 nitrogen and oxygen atoms in total.